The van der Waals surface area contributed by atoms with Gasteiger partial charge in [-0.1, -0.05) is 30.0 Å². The lowest BCUT2D eigenvalue weighted by Gasteiger charge is -2.06. The van der Waals surface area contributed by atoms with E-state index in [9.17, 15) is 5.11 Å². The van der Waals surface area contributed by atoms with E-state index in [2.05, 4.69) is 28.4 Å². The minimum Gasteiger partial charge on any atom is -0.381 e. The van der Waals surface area contributed by atoms with Crippen molar-refractivity contribution in [3.63, 3.8) is 0 Å². The van der Waals surface area contributed by atoms with Gasteiger partial charge < -0.3 is 5.11 Å². The third-order valence-electron chi connectivity index (χ3n) is 2.67. The van der Waals surface area contributed by atoms with Crippen LogP contribution in [-0.4, -0.2) is 21.2 Å². The molecule has 1 N–H and O–H groups in total. The third kappa shape index (κ3) is 3.53. The zero-order valence-electron chi connectivity index (χ0n) is 11.4. The summed E-state index contributed by atoms with van der Waals surface area (Å²) in [5.41, 5.74) is 3.54. The quantitative estimate of drug-likeness (QED) is 0.684. The Balaban J connectivity index is 2.42. The Bertz CT molecular complexity index is 666. The van der Waals surface area contributed by atoms with Crippen molar-refractivity contribution in [3.8, 4) is 23.1 Å². The maximum atomic E-state index is 9.21. The van der Waals surface area contributed by atoms with Gasteiger partial charge in [0.1, 0.15) is 6.10 Å². The molecule has 20 heavy (non-hydrogen) atoms. The fourth-order valence-corrected chi connectivity index (χ4v) is 1.83. The molecule has 1 unspecified atom stereocenters. The molecule has 3 nitrogen and oxygen atoms in total. The molecule has 1 aromatic carbocycles. The van der Waals surface area contributed by atoms with E-state index < -0.39 is 6.10 Å². The first kappa shape index (κ1) is 14.0. The summed E-state index contributed by atoms with van der Waals surface area (Å²) in [7, 11) is 0. The zero-order chi connectivity index (χ0) is 14.4. The second kappa shape index (κ2) is 6.65. The summed E-state index contributed by atoms with van der Waals surface area (Å²) in [4.78, 5) is 8.73. The fourth-order valence-electron chi connectivity index (χ4n) is 1.83. The second-order valence-corrected chi connectivity index (χ2v) is 4.37. The van der Waals surface area contributed by atoms with Gasteiger partial charge in [-0.05, 0) is 19.1 Å². The number of allylic oxidation sites excluding steroid dienone is 1. The number of rotatable bonds is 3. The Morgan fingerprint density at radius 1 is 1.35 bits per heavy atom. The van der Waals surface area contributed by atoms with Gasteiger partial charge in [-0.25, -0.2) is 0 Å². The number of benzene rings is 1. The van der Waals surface area contributed by atoms with Crippen LogP contribution in [0.25, 0.3) is 11.3 Å². The molecule has 0 spiro atoms. The zero-order valence-corrected chi connectivity index (χ0v) is 11.4. The number of nitrogens with zero attached hydrogens (tertiary/aromatic N) is 2. The van der Waals surface area contributed by atoms with Crippen LogP contribution in [0.4, 0.5) is 0 Å². The Morgan fingerprint density at radius 3 is 2.90 bits per heavy atom. The Labute approximate surface area is 119 Å². The maximum absolute atomic E-state index is 9.21. The topological polar surface area (TPSA) is 46.0 Å². The normalized spacial score (nSPS) is 11.3. The minimum absolute atomic E-state index is 0.633. The first-order chi connectivity index (χ1) is 9.70. The fraction of sp³-hybridized carbons (Fsp3) is 0.176. The Morgan fingerprint density at radius 2 is 2.15 bits per heavy atom. The van der Waals surface area contributed by atoms with Crippen molar-refractivity contribution in [2.75, 3.05) is 0 Å². The molecule has 1 heterocycles. The maximum Gasteiger partial charge on any atom is 0.112 e. The van der Waals surface area contributed by atoms with E-state index in [1.807, 2.05) is 30.3 Å². The molecule has 100 valence electrons. The number of aromatic nitrogens is 2. The van der Waals surface area contributed by atoms with Crippen LogP contribution in [-0.2, 0) is 6.42 Å². The van der Waals surface area contributed by atoms with Crippen LogP contribution in [0.1, 0.15) is 18.2 Å². The summed E-state index contributed by atoms with van der Waals surface area (Å²) in [6, 6.07) is 7.76. The lowest BCUT2D eigenvalue weighted by atomic mass is 10.0. The molecular formula is C17H16N2O. The average molecular weight is 264 g/mol. The van der Waals surface area contributed by atoms with Gasteiger partial charge in [-0.2, -0.15) is 0 Å². The molecule has 0 fully saturated rings. The van der Waals surface area contributed by atoms with Gasteiger partial charge >= 0.3 is 0 Å². The first-order valence-electron chi connectivity index (χ1n) is 6.41. The molecule has 0 bridgehead atoms. The van der Waals surface area contributed by atoms with Crippen LogP contribution in [0.3, 0.4) is 0 Å². The van der Waals surface area contributed by atoms with Crippen molar-refractivity contribution in [2.24, 2.45) is 0 Å². The molecule has 0 aliphatic rings. The Hall–Kier alpha value is -2.44. The number of aliphatic hydroxyl groups is 1. The van der Waals surface area contributed by atoms with Gasteiger partial charge in [0.2, 0.25) is 0 Å². The van der Waals surface area contributed by atoms with Crippen LogP contribution in [0.5, 0.6) is 0 Å². The van der Waals surface area contributed by atoms with Crippen LogP contribution in [0, 0.1) is 11.8 Å². The first-order valence-corrected chi connectivity index (χ1v) is 6.41. The van der Waals surface area contributed by atoms with E-state index in [-0.39, 0.29) is 0 Å². The molecule has 1 atom stereocenters. The predicted octanol–water partition coefficient (Wildman–Crippen LogP) is 2.60. The van der Waals surface area contributed by atoms with E-state index in [1.54, 1.807) is 19.3 Å². The number of hydrogen-bond donors (Lipinski definition) is 1. The van der Waals surface area contributed by atoms with Gasteiger partial charge in [0.15, 0.2) is 0 Å². The van der Waals surface area contributed by atoms with Crippen LogP contribution in [0.15, 0.2) is 49.3 Å². The van der Waals surface area contributed by atoms with Gasteiger partial charge in [0.25, 0.3) is 0 Å². The van der Waals surface area contributed by atoms with Crippen molar-refractivity contribution >= 4 is 0 Å². The molecule has 0 aliphatic carbocycles. The van der Waals surface area contributed by atoms with Crippen molar-refractivity contribution in [2.45, 2.75) is 19.4 Å². The van der Waals surface area contributed by atoms with Crippen molar-refractivity contribution in [1.82, 2.24) is 9.97 Å². The molecule has 2 aromatic rings. The second-order valence-electron chi connectivity index (χ2n) is 4.37. The molecule has 3 heteroatoms. The summed E-state index contributed by atoms with van der Waals surface area (Å²) < 4.78 is 0. The molecule has 0 radical (unpaired) electrons. The largest absolute Gasteiger partial charge is 0.381 e. The molecule has 0 saturated heterocycles. The smallest absolute Gasteiger partial charge is 0.112 e. The van der Waals surface area contributed by atoms with E-state index >= 15 is 0 Å². The number of hydrogen-bond acceptors (Lipinski definition) is 3. The SMILES string of the molecule is C=CCc1nccnc1-c1cccc(C#CC(C)O)c1. The van der Waals surface area contributed by atoms with E-state index in [1.165, 1.54) is 0 Å². The van der Waals surface area contributed by atoms with E-state index in [0.29, 0.717) is 6.42 Å². The monoisotopic (exact) mass is 264 g/mol. The lowest BCUT2D eigenvalue weighted by molar-refractivity contribution is 0.253. The van der Waals surface area contributed by atoms with Crippen LogP contribution >= 0.6 is 0 Å². The van der Waals surface area contributed by atoms with Crippen molar-refractivity contribution in [1.29, 1.82) is 0 Å². The third-order valence-corrected chi connectivity index (χ3v) is 2.67. The van der Waals surface area contributed by atoms with Gasteiger partial charge in [0.05, 0.1) is 11.4 Å². The van der Waals surface area contributed by atoms with Crippen molar-refractivity contribution < 1.29 is 5.11 Å². The highest BCUT2D eigenvalue weighted by Gasteiger charge is 2.06. The summed E-state index contributed by atoms with van der Waals surface area (Å²) in [6.07, 6.45) is 5.21. The van der Waals surface area contributed by atoms with Gasteiger partial charge in [-0.15, -0.1) is 6.58 Å². The molecule has 1 aromatic heterocycles. The van der Waals surface area contributed by atoms with Crippen LogP contribution < -0.4 is 0 Å². The predicted molar refractivity (Wildman–Crippen MR) is 79.9 cm³/mol. The summed E-state index contributed by atoms with van der Waals surface area (Å²) in [5, 5.41) is 9.21. The molecule has 0 aliphatic heterocycles. The minimum atomic E-state index is -0.633. The highest BCUT2D eigenvalue weighted by Crippen LogP contribution is 2.21. The summed E-state index contributed by atoms with van der Waals surface area (Å²) in [5.74, 6) is 5.67. The average Bonchev–Trinajstić information content (AvgIpc) is 2.46. The summed E-state index contributed by atoms with van der Waals surface area (Å²) in [6.45, 7) is 5.38. The van der Waals surface area contributed by atoms with E-state index in [0.717, 1.165) is 22.5 Å². The van der Waals surface area contributed by atoms with Gasteiger partial charge in [0, 0.05) is 29.9 Å². The molecule has 0 saturated carbocycles. The summed E-state index contributed by atoms with van der Waals surface area (Å²) >= 11 is 0. The van der Waals surface area contributed by atoms with Crippen LogP contribution in [0.2, 0.25) is 0 Å². The Kier molecular flexibility index (Phi) is 4.65. The molecule has 2 rings (SSSR count). The number of aliphatic hydroxyl groups excluding tert-OH is 1. The lowest BCUT2D eigenvalue weighted by Crippen LogP contribution is -1.96. The molecule has 0 amide bonds. The standard InChI is InChI=1S/C17H16N2O/c1-3-5-16-17(19-11-10-18-16)15-7-4-6-14(12-15)9-8-13(2)20/h3-4,6-7,10-13,20H,1,5H2,2H3. The highest BCUT2D eigenvalue weighted by molar-refractivity contribution is 5.64. The molecular weight excluding hydrogens is 248 g/mol. The highest BCUT2D eigenvalue weighted by atomic mass is 16.3. The van der Waals surface area contributed by atoms with Crippen molar-refractivity contribution in [3.05, 3.63) is 60.6 Å². The van der Waals surface area contributed by atoms with Gasteiger partial charge in [-0.3, -0.25) is 9.97 Å². The van der Waals surface area contributed by atoms with E-state index in [4.69, 9.17) is 0 Å².